The molecule has 0 atom stereocenters. The summed E-state index contributed by atoms with van der Waals surface area (Å²) in [6, 6.07) is 0. The predicted molar refractivity (Wildman–Crippen MR) is 18.0 cm³/mol. The molecule has 8 heavy (non-hydrogen) atoms. The van der Waals surface area contributed by atoms with Gasteiger partial charge in [0, 0.05) is 0 Å². The van der Waals surface area contributed by atoms with Crippen LogP contribution in [0.25, 0.3) is 0 Å². The molecule has 0 spiro atoms. The van der Waals surface area contributed by atoms with Gasteiger partial charge in [0.25, 0.3) is 0 Å². The van der Waals surface area contributed by atoms with Gasteiger partial charge >= 0.3 is 6.36 Å². The van der Waals surface area contributed by atoms with Crippen molar-refractivity contribution in [2.24, 2.45) is 0 Å². The molecule has 0 fully saturated rings. The zero-order valence-electron chi connectivity index (χ0n) is 3.83. The first-order valence-electron chi connectivity index (χ1n) is 1.83. The SMILES string of the molecule is FCCOC(F)(F)F. The number of hydrogen-bond donors (Lipinski definition) is 0. The number of halogens is 4. The van der Waals surface area contributed by atoms with Crippen LogP contribution >= 0.6 is 0 Å². The molecule has 0 heterocycles. The van der Waals surface area contributed by atoms with Crippen LogP contribution in [0.5, 0.6) is 0 Å². The second-order valence-corrected chi connectivity index (χ2v) is 0.983. The molecule has 50 valence electrons. The molecular weight excluding hydrogens is 128 g/mol. The lowest BCUT2D eigenvalue weighted by molar-refractivity contribution is -0.325. The highest BCUT2D eigenvalue weighted by atomic mass is 19.4. The first kappa shape index (κ1) is 7.68. The van der Waals surface area contributed by atoms with Gasteiger partial charge in [0.1, 0.15) is 6.67 Å². The van der Waals surface area contributed by atoms with Gasteiger partial charge in [-0.25, -0.2) is 4.39 Å². The van der Waals surface area contributed by atoms with E-state index in [-0.39, 0.29) is 0 Å². The summed E-state index contributed by atoms with van der Waals surface area (Å²) in [5.41, 5.74) is 0. The van der Waals surface area contributed by atoms with Crippen LogP contribution < -0.4 is 0 Å². The second kappa shape index (κ2) is 2.86. The number of ether oxygens (including phenoxy) is 1. The predicted octanol–water partition coefficient (Wildman–Crippen LogP) is 1.49. The zero-order chi connectivity index (χ0) is 6.62. The maximum atomic E-state index is 10.9. The van der Waals surface area contributed by atoms with E-state index in [4.69, 9.17) is 0 Å². The minimum Gasteiger partial charge on any atom is -0.289 e. The summed E-state index contributed by atoms with van der Waals surface area (Å²) < 4.78 is 46.5. The highest BCUT2D eigenvalue weighted by Gasteiger charge is 2.28. The Morgan fingerprint density at radius 2 is 1.75 bits per heavy atom. The number of hydrogen-bond acceptors (Lipinski definition) is 1. The molecule has 0 aliphatic carbocycles. The summed E-state index contributed by atoms with van der Waals surface area (Å²) >= 11 is 0. The fourth-order valence-electron chi connectivity index (χ4n) is 0.154. The largest absolute Gasteiger partial charge is 0.522 e. The van der Waals surface area contributed by atoms with Crippen molar-refractivity contribution in [2.75, 3.05) is 13.3 Å². The summed E-state index contributed by atoms with van der Waals surface area (Å²) in [5, 5.41) is 0. The van der Waals surface area contributed by atoms with E-state index in [2.05, 4.69) is 4.74 Å². The molecule has 5 heteroatoms. The van der Waals surface area contributed by atoms with Crippen molar-refractivity contribution in [3.05, 3.63) is 0 Å². The molecule has 0 saturated carbocycles. The number of alkyl halides is 4. The van der Waals surface area contributed by atoms with Crippen LogP contribution in [0.4, 0.5) is 17.6 Å². The average molecular weight is 132 g/mol. The summed E-state index contributed by atoms with van der Waals surface area (Å²) in [5.74, 6) is 0. The lowest BCUT2D eigenvalue weighted by Crippen LogP contribution is -2.14. The van der Waals surface area contributed by atoms with E-state index in [1.54, 1.807) is 0 Å². The van der Waals surface area contributed by atoms with Gasteiger partial charge in [-0.2, -0.15) is 0 Å². The first-order chi connectivity index (χ1) is 3.56. The Kier molecular flexibility index (Phi) is 2.75. The monoisotopic (exact) mass is 132 g/mol. The van der Waals surface area contributed by atoms with Crippen molar-refractivity contribution in [2.45, 2.75) is 6.36 Å². The third kappa shape index (κ3) is 5.68. The minimum atomic E-state index is -4.69. The number of rotatable bonds is 2. The lowest BCUT2D eigenvalue weighted by Gasteiger charge is -2.02. The third-order valence-electron chi connectivity index (χ3n) is 0.343. The summed E-state index contributed by atoms with van der Waals surface area (Å²) in [7, 11) is 0. The average Bonchev–Trinajstić information content (AvgIpc) is 1.59. The molecule has 1 nitrogen and oxygen atoms in total. The fraction of sp³-hybridized carbons (Fsp3) is 1.00. The Morgan fingerprint density at radius 1 is 1.25 bits per heavy atom. The van der Waals surface area contributed by atoms with E-state index in [0.717, 1.165) is 0 Å². The molecule has 0 unspecified atom stereocenters. The maximum Gasteiger partial charge on any atom is 0.522 e. The van der Waals surface area contributed by atoms with E-state index in [9.17, 15) is 17.6 Å². The van der Waals surface area contributed by atoms with Gasteiger partial charge in [0.05, 0.1) is 6.61 Å². The van der Waals surface area contributed by atoms with Crippen LogP contribution in [0.3, 0.4) is 0 Å². The Morgan fingerprint density at radius 3 is 1.88 bits per heavy atom. The van der Waals surface area contributed by atoms with Crippen molar-refractivity contribution in [3.63, 3.8) is 0 Å². The van der Waals surface area contributed by atoms with Crippen molar-refractivity contribution in [3.8, 4) is 0 Å². The Balaban J connectivity index is 3.11. The summed E-state index contributed by atoms with van der Waals surface area (Å²) in [4.78, 5) is 0. The van der Waals surface area contributed by atoms with Crippen molar-refractivity contribution in [1.82, 2.24) is 0 Å². The Labute approximate surface area is 43.2 Å². The first-order valence-corrected chi connectivity index (χ1v) is 1.83. The molecule has 0 aromatic carbocycles. The van der Waals surface area contributed by atoms with Crippen LogP contribution in [0.1, 0.15) is 0 Å². The molecule has 0 aromatic rings. The summed E-state index contributed by atoms with van der Waals surface area (Å²) in [6.07, 6.45) is -4.69. The molecule has 0 rings (SSSR count). The fourth-order valence-corrected chi connectivity index (χ4v) is 0.154. The Bertz CT molecular complexity index is 58.8. The molecule has 0 radical (unpaired) electrons. The van der Waals surface area contributed by atoms with Gasteiger partial charge < -0.3 is 0 Å². The molecular formula is C3H4F4O. The van der Waals surface area contributed by atoms with Gasteiger partial charge in [-0.3, -0.25) is 4.74 Å². The highest BCUT2D eigenvalue weighted by molar-refractivity contribution is 4.27. The van der Waals surface area contributed by atoms with Crippen LogP contribution in [-0.4, -0.2) is 19.6 Å². The lowest BCUT2D eigenvalue weighted by atomic mass is 10.8. The van der Waals surface area contributed by atoms with Crippen LogP contribution in [-0.2, 0) is 4.74 Å². The Hall–Kier alpha value is -0.320. The molecule has 0 amide bonds. The van der Waals surface area contributed by atoms with E-state index >= 15 is 0 Å². The van der Waals surface area contributed by atoms with Crippen molar-refractivity contribution < 1.29 is 22.3 Å². The van der Waals surface area contributed by atoms with Crippen LogP contribution in [0.15, 0.2) is 0 Å². The minimum absolute atomic E-state index is 0.913. The van der Waals surface area contributed by atoms with Crippen LogP contribution in [0, 0.1) is 0 Å². The van der Waals surface area contributed by atoms with Crippen molar-refractivity contribution >= 4 is 0 Å². The van der Waals surface area contributed by atoms with Crippen molar-refractivity contribution in [1.29, 1.82) is 0 Å². The molecule has 0 N–H and O–H groups in total. The van der Waals surface area contributed by atoms with Gasteiger partial charge in [-0.05, 0) is 0 Å². The molecule has 0 aromatic heterocycles. The maximum absolute atomic E-state index is 10.9. The normalized spacial score (nSPS) is 12.0. The summed E-state index contributed by atoms with van der Waals surface area (Å²) in [6.45, 7) is -2.02. The second-order valence-electron chi connectivity index (χ2n) is 0.983. The standard InChI is InChI=1S/C3H4F4O/c4-1-2-8-3(5,6)7/h1-2H2. The zero-order valence-corrected chi connectivity index (χ0v) is 3.83. The van der Waals surface area contributed by atoms with Gasteiger partial charge in [0.2, 0.25) is 0 Å². The molecule has 0 bridgehead atoms. The highest BCUT2D eigenvalue weighted by Crippen LogP contribution is 2.15. The molecule has 0 aliphatic heterocycles. The van der Waals surface area contributed by atoms with E-state index in [1.807, 2.05) is 0 Å². The van der Waals surface area contributed by atoms with E-state index in [1.165, 1.54) is 0 Å². The van der Waals surface area contributed by atoms with Gasteiger partial charge in [-0.15, -0.1) is 13.2 Å². The molecule has 0 aliphatic rings. The van der Waals surface area contributed by atoms with Crippen LogP contribution in [0.2, 0.25) is 0 Å². The smallest absolute Gasteiger partial charge is 0.289 e. The van der Waals surface area contributed by atoms with Gasteiger partial charge in [-0.1, -0.05) is 0 Å². The molecule has 0 saturated heterocycles. The van der Waals surface area contributed by atoms with E-state index < -0.39 is 19.6 Å². The van der Waals surface area contributed by atoms with Gasteiger partial charge in [0.15, 0.2) is 0 Å². The topological polar surface area (TPSA) is 9.23 Å². The third-order valence-corrected chi connectivity index (χ3v) is 0.343. The van der Waals surface area contributed by atoms with E-state index in [0.29, 0.717) is 0 Å². The quantitative estimate of drug-likeness (QED) is 0.517.